The quantitative estimate of drug-likeness (QED) is 0.345. The third kappa shape index (κ3) is 7.13. The van der Waals surface area contributed by atoms with Gasteiger partial charge in [0.2, 0.25) is 5.91 Å². The highest BCUT2D eigenvalue weighted by Crippen LogP contribution is 2.09. The lowest BCUT2D eigenvalue weighted by molar-refractivity contribution is -0.121. The van der Waals surface area contributed by atoms with Crippen LogP contribution < -0.4 is 5.32 Å². The molecule has 0 saturated carbocycles. The average Bonchev–Trinajstić information content (AvgIpc) is 2.45. The fourth-order valence-corrected chi connectivity index (χ4v) is 1.34. The van der Waals surface area contributed by atoms with E-state index >= 15 is 0 Å². The number of rotatable bonds is 10. The Kier molecular flexibility index (Phi) is 9.27. The van der Waals surface area contributed by atoms with Crippen molar-refractivity contribution in [1.82, 2.24) is 5.32 Å². The van der Waals surface area contributed by atoms with E-state index in [1.165, 1.54) is 0 Å². The summed E-state index contributed by atoms with van der Waals surface area (Å²) < 4.78 is 15.4. The fourth-order valence-electron chi connectivity index (χ4n) is 1.34. The lowest BCUT2D eigenvalue weighted by atomic mass is 10.0. The van der Waals surface area contributed by atoms with Crippen molar-refractivity contribution in [3.05, 3.63) is 12.7 Å². The molecule has 0 rings (SSSR count). The molecule has 106 valence electrons. The number of terminal acetylenes is 3. The molecule has 0 aromatic heterocycles. The Balaban J connectivity index is 4.90. The van der Waals surface area contributed by atoms with Crippen LogP contribution in [-0.4, -0.2) is 44.5 Å². The van der Waals surface area contributed by atoms with Crippen molar-refractivity contribution >= 4 is 5.91 Å². The molecule has 0 bridgehead atoms. The average molecular weight is 275 g/mol. The molecule has 0 saturated heterocycles. The van der Waals surface area contributed by atoms with Crippen LogP contribution in [0.3, 0.4) is 0 Å². The number of hydrogen-bond donors (Lipinski definition) is 1. The second-order valence-corrected chi connectivity index (χ2v) is 3.77. The molecule has 5 heteroatoms. The van der Waals surface area contributed by atoms with Crippen molar-refractivity contribution in [3.8, 4) is 37.2 Å². The Morgan fingerprint density at radius 3 is 2.10 bits per heavy atom. The first kappa shape index (κ1) is 17.6. The molecule has 0 radical (unpaired) electrons. The van der Waals surface area contributed by atoms with E-state index in [1.54, 1.807) is 0 Å². The third-order valence-electron chi connectivity index (χ3n) is 2.13. The van der Waals surface area contributed by atoms with Crippen LogP contribution in [0.25, 0.3) is 0 Å². The molecule has 0 aromatic carbocycles. The molecule has 0 aliphatic carbocycles. The minimum absolute atomic E-state index is 0.0157. The predicted molar refractivity (Wildman–Crippen MR) is 75.2 cm³/mol. The van der Waals surface area contributed by atoms with Crippen molar-refractivity contribution in [3.63, 3.8) is 0 Å². The molecule has 0 aliphatic rings. The normalized spacial score (nSPS) is 9.65. The Morgan fingerprint density at radius 1 is 1.15 bits per heavy atom. The van der Waals surface area contributed by atoms with Gasteiger partial charge >= 0.3 is 0 Å². The molecule has 5 nitrogen and oxygen atoms in total. The van der Waals surface area contributed by atoms with Gasteiger partial charge in [-0.25, -0.2) is 0 Å². The zero-order valence-corrected chi connectivity index (χ0v) is 11.2. The second kappa shape index (κ2) is 10.5. The topological polar surface area (TPSA) is 56.8 Å². The molecule has 0 unspecified atom stereocenters. The minimum atomic E-state index is -0.995. The third-order valence-corrected chi connectivity index (χ3v) is 2.13. The highest BCUT2D eigenvalue weighted by Gasteiger charge is 2.33. The van der Waals surface area contributed by atoms with Gasteiger partial charge in [-0.15, -0.1) is 12.8 Å². The second-order valence-electron chi connectivity index (χ2n) is 3.77. The highest BCUT2D eigenvalue weighted by molar-refractivity contribution is 5.87. The molecule has 0 spiro atoms. The molecule has 0 atom stereocenters. The van der Waals surface area contributed by atoms with Gasteiger partial charge in [-0.2, -0.15) is 0 Å². The van der Waals surface area contributed by atoms with Gasteiger partial charge in [0.05, 0.1) is 13.2 Å². The fraction of sp³-hybridized carbons (Fsp3) is 0.400. The maximum Gasteiger partial charge on any atom is 0.244 e. The van der Waals surface area contributed by atoms with Crippen LogP contribution in [0.4, 0.5) is 0 Å². The first-order valence-corrected chi connectivity index (χ1v) is 5.68. The van der Waals surface area contributed by atoms with E-state index in [2.05, 4.69) is 23.7 Å². The first-order valence-electron chi connectivity index (χ1n) is 5.68. The van der Waals surface area contributed by atoms with Crippen LogP contribution in [0.1, 0.15) is 0 Å². The van der Waals surface area contributed by atoms with E-state index in [-0.39, 0.29) is 33.0 Å². The SMILES string of the molecule is C#CCOCC(COC#C)(COCC#C)NC(=O)C=C. The lowest BCUT2D eigenvalue weighted by Gasteiger charge is -2.32. The Bertz CT molecular complexity index is 416. The summed E-state index contributed by atoms with van der Waals surface area (Å²) in [5.41, 5.74) is -0.995. The maximum absolute atomic E-state index is 11.5. The highest BCUT2D eigenvalue weighted by atomic mass is 16.5. The van der Waals surface area contributed by atoms with Crippen molar-refractivity contribution in [1.29, 1.82) is 0 Å². The van der Waals surface area contributed by atoms with E-state index in [0.29, 0.717) is 0 Å². The molecule has 0 fully saturated rings. The van der Waals surface area contributed by atoms with Gasteiger partial charge in [0.1, 0.15) is 31.5 Å². The summed E-state index contributed by atoms with van der Waals surface area (Å²) in [6.45, 7) is 3.64. The largest absolute Gasteiger partial charge is 0.444 e. The van der Waals surface area contributed by atoms with Gasteiger partial charge < -0.3 is 19.5 Å². The minimum Gasteiger partial charge on any atom is -0.444 e. The summed E-state index contributed by atoms with van der Waals surface area (Å²) >= 11 is 0. The standard InChI is InChI=1S/C15H17NO4/c1-5-9-19-12-15(11-18-8-4,13-20-10-6-2)16-14(17)7-3/h1-2,4,7H,3,9-13H2,(H,16,17). The van der Waals surface area contributed by atoms with Crippen molar-refractivity contribution in [2.45, 2.75) is 5.54 Å². The van der Waals surface area contributed by atoms with Gasteiger partial charge in [-0.05, 0) is 6.08 Å². The van der Waals surface area contributed by atoms with Crippen molar-refractivity contribution in [2.24, 2.45) is 0 Å². The number of hydrogen-bond acceptors (Lipinski definition) is 4. The number of ether oxygens (including phenoxy) is 3. The zero-order valence-electron chi connectivity index (χ0n) is 11.2. The first-order chi connectivity index (χ1) is 9.64. The van der Waals surface area contributed by atoms with Gasteiger partial charge in [-0.3, -0.25) is 4.79 Å². The van der Waals surface area contributed by atoms with Gasteiger partial charge in [0.25, 0.3) is 0 Å². The molecule has 1 N–H and O–H groups in total. The Labute approximate surface area is 119 Å². The molecular weight excluding hydrogens is 258 g/mol. The number of nitrogens with one attached hydrogen (secondary N) is 1. The number of carbonyl (C=O) groups is 1. The van der Waals surface area contributed by atoms with Gasteiger partial charge in [0.15, 0.2) is 0 Å². The van der Waals surface area contributed by atoms with Crippen LogP contribution in [0.2, 0.25) is 0 Å². The maximum atomic E-state index is 11.5. The van der Waals surface area contributed by atoms with Crippen LogP contribution in [0.5, 0.6) is 0 Å². The van der Waals surface area contributed by atoms with E-state index < -0.39 is 11.4 Å². The van der Waals surface area contributed by atoms with E-state index in [0.717, 1.165) is 6.08 Å². The van der Waals surface area contributed by atoms with E-state index in [1.807, 2.05) is 6.11 Å². The Hall–Kier alpha value is -2.39. The molecule has 0 aromatic rings. The number of amides is 1. The summed E-state index contributed by atoms with van der Waals surface area (Å²) in [5.74, 6) is 4.23. The molecular formula is C15H17NO4. The Morgan fingerprint density at radius 2 is 1.70 bits per heavy atom. The summed E-state index contributed by atoms with van der Waals surface area (Å²) in [7, 11) is 0. The zero-order chi connectivity index (χ0) is 15.3. The summed E-state index contributed by atoms with van der Waals surface area (Å²) in [6.07, 6.45) is 18.4. The number of carbonyl (C=O) groups excluding carboxylic acids is 1. The molecule has 20 heavy (non-hydrogen) atoms. The van der Waals surface area contributed by atoms with Crippen LogP contribution in [0, 0.1) is 37.2 Å². The van der Waals surface area contributed by atoms with Crippen LogP contribution in [0.15, 0.2) is 12.7 Å². The summed E-state index contributed by atoms with van der Waals surface area (Å²) in [6, 6.07) is 0. The smallest absolute Gasteiger partial charge is 0.244 e. The monoisotopic (exact) mass is 275 g/mol. The molecule has 0 aliphatic heterocycles. The van der Waals surface area contributed by atoms with Gasteiger partial charge in [0, 0.05) is 0 Å². The van der Waals surface area contributed by atoms with Crippen LogP contribution in [-0.2, 0) is 19.0 Å². The summed E-state index contributed by atoms with van der Waals surface area (Å²) in [5, 5.41) is 2.67. The predicted octanol–water partition coefficient (Wildman–Crippen LogP) is -0.0657. The van der Waals surface area contributed by atoms with Crippen molar-refractivity contribution < 1.29 is 19.0 Å². The van der Waals surface area contributed by atoms with E-state index in [4.69, 9.17) is 33.5 Å². The molecule has 1 amide bonds. The van der Waals surface area contributed by atoms with Crippen molar-refractivity contribution in [2.75, 3.05) is 33.0 Å². The summed E-state index contributed by atoms with van der Waals surface area (Å²) in [4.78, 5) is 11.5. The molecule has 0 heterocycles. The van der Waals surface area contributed by atoms with Gasteiger partial charge in [-0.1, -0.05) is 24.8 Å². The van der Waals surface area contributed by atoms with E-state index in [9.17, 15) is 4.79 Å². The lowest BCUT2D eigenvalue weighted by Crippen LogP contribution is -2.58. The van der Waals surface area contributed by atoms with Crippen LogP contribution >= 0.6 is 0 Å².